The second-order valence-corrected chi connectivity index (χ2v) is 5.29. The van der Waals surface area contributed by atoms with Crippen molar-refractivity contribution in [2.45, 2.75) is 6.17 Å². The number of anilines is 2. The molecule has 2 N–H and O–H groups in total. The summed E-state index contributed by atoms with van der Waals surface area (Å²) >= 11 is 0. The molecule has 0 amide bonds. The van der Waals surface area contributed by atoms with E-state index in [9.17, 15) is 0 Å². The smallest absolute Gasteiger partial charge is 0.150 e. The average Bonchev–Trinajstić information content (AvgIpc) is 2.67. The monoisotopic (exact) mass is 316 g/mol. The van der Waals surface area contributed by atoms with Crippen LogP contribution in [0.5, 0.6) is 0 Å². The number of hydrogen-bond acceptors (Lipinski definition) is 6. The van der Waals surface area contributed by atoms with Gasteiger partial charge >= 0.3 is 0 Å². The van der Waals surface area contributed by atoms with E-state index in [0.29, 0.717) is 0 Å². The maximum absolute atomic E-state index is 4.56. The minimum absolute atomic E-state index is 0.205. The minimum atomic E-state index is -0.205. The lowest BCUT2D eigenvalue weighted by Crippen LogP contribution is -2.41. The van der Waals surface area contributed by atoms with Gasteiger partial charge in [0.2, 0.25) is 0 Å². The Kier molecular flexibility index (Phi) is 3.87. The van der Waals surface area contributed by atoms with Crippen LogP contribution in [0.2, 0.25) is 0 Å². The predicted molar refractivity (Wildman–Crippen MR) is 94.5 cm³/mol. The van der Waals surface area contributed by atoms with E-state index in [0.717, 1.165) is 22.8 Å². The number of nitrogens with one attached hydrogen (secondary N) is 2. The van der Waals surface area contributed by atoms with Crippen LogP contribution in [-0.2, 0) is 0 Å². The van der Waals surface area contributed by atoms with E-state index in [2.05, 4.69) is 32.0 Å². The molecule has 6 heteroatoms. The topological polar surface area (TPSA) is 65.4 Å². The Morgan fingerprint density at radius 1 is 0.833 bits per heavy atom. The van der Waals surface area contributed by atoms with Crippen LogP contribution in [0.15, 0.2) is 78.2 Å². The first-order valence-electron chi connectivity index (χ1n) is 7.67. The fourth-order valence-corrected chi connectivity index (χ4v) is 2.60. The van der Waals surface area contributed by atoms with Crippen LogP contribution in [0.3, 0.4) is 0 Å². The second-order valence-electron chi connectivity index (χ2n) is 5.29. The fraction of sp³-hybridized carbons (Fsp3) is 0.0556. The van der Waals surface area contributed by atoms with E-state index < -0.39 is 0 Å². The molecule has 0 saturated heterocycles. The van der Waals surface area contributed by atoms with Crippen molar-refractivity contribution < 1.29 is 0 Å². The lowest BCUT2D eigenvalue weighted by Gasteiger charge is -2.33. The molecule has 24 heavy (non-hydrogen) atoms. The van der Waals surface area contributed by atoms with Gasteiger partial charge in [0.25, 0.3) is 0 Å². The molecule has 1 aliphatic heterocycles. The lowest BCUT2D eigenvalue weighted by atomic mass is 10.0. The first kappa shape index (κ1) is 14.3. The number of benzene rings is 1. The largest absolute Gasteiger partial charge is 0.304 e. The molecule has 3 heterocycles. The van der Waals surface area contributed by atoms with Crippen LogP contribution in [-0.4, -0.2) is 16.2 Å². The van der Waals surface area contributed by atoms with Crippen molar-refractivity contribution in [3.05, 3.63) is 84.2 Å². The van der Waals surface area contributed by atoms with Gasteiger partial charge in [-0.3, -0.25) is 0 Å². The van der Waals surface area contributed by atoms with Crippen LogP contribution in [0.25, 0.3) is 0 Å². The van der Waals surface area contributed by atoms with Gasteiger partial charge in [0.05, 0.1) is 6.21 Å². The Labute approximate surface area is 139 Å². The maximum atomic E-state index is 4.56. The summed E-state index contributed by atoms with van der Waals surface area (Å²) in [5.74, 6) is 1.51. The van der Waals surface area contributed by atoms with Crippen molar-refractivity contribution >= 4 is 17.9 Å². The average molecular weight is 316 g/mol. The maximum Gasteiger partial charge on any atom is 0.150 e. The first-order chi connectivity index (χ1) is 11.9. The summed E-state index contributed by atoms with van der Waals surface area (Å²) in [6, 6.07) is 19.6. The number of hydrazone groups is 1. The molecule has 0 spiro atoms. The zero-order chi connectivity index (χ0) is 16.2. The van der Waals surface area contributed by atoms with E-state index >= 15 is 0 Å². The molecule has 0 saturated carbocycles. The van der Waals surface area contributed by atoms with Gasteiger partial charge in [0, 0.05) is 23.5 Å². The summed E-state index contributed by atoms with van der Waals surface area (Å²) < 4.78 is 0. The summed E-state index contributed by atoms with van der Waals surface area (Å²) in [4.78, 5) is 8.68. The molecule has 1 atom stereocenters. The summed E-state index contributed by atoms with van der Waals surface area (Å²) in [5, 5.41) is 6.40. The lowest BCUT2D eigenvalue weighted by molar-refractivity contribution is 0.544. The van der Waals surface area contributed by atoms with Gasteiger partial charge in [-0.15, -0.1) is 0 Å². The van der Waals surface area contributed by atoms with Crippen LogP contribution in [0.1, 0.15) is 17.3 Å². The Morgan fingerprint density at radius 2 is 1.62 bits per heavy atom. The number of nitrogens with zero attached hydrogens (tertiary/aromatic N) is 4. The highest BCUT2D eigenvalue weighted by Gasteiger charge is 2.26. The first-order valence-corrected chi connectivity index (χ1v) is 7.67. The molecule has 0 aliphatic carbocycles. The van der Waals surface area contributed by atoms with E-state index in [1.807, 2.05) is 65.8 Å². The van der Waals surface area contributed by atoms with E-state index in [4.69, 9.17) is 0 Å². The third-order valence-electron chi connectivity index (χ3n) is 3.74. The van der Waals surface area contributed by atoms with Crippen molar-refractivity contribution in [1.29, 1.82) is 0 Å². The van der Waals surface area contributed by atoms with E-state index in [1.165, 1.54) is 0 Å². The van der Waals surface area contributed by atoms with Gasteiger partial charge in [-0.05, 0) is 24.3 Å². The van der Waals surface area contributed by atoms with Crippen LogP contribution < -0.4 is 15.9 Å². The molecule has 1 aliphatic rings. The van der Waals surface area contributed by atoms with Crippen molar-refractivity contribution in [2.75, 3.05) is 10.4 Å². The number of aromatic nitrogens is 2. The summed E-state index contributed by atoms with van der Waals surface area (Å²) in [6.07, 6.45) is 5.15. The molecule has 3 aromatic rings. The number of pyridine rings is 2. The molecule has 0 bridgehead atoms. The number of hydrogen-bond donors (Lipinski definition) is 2. The molecule has 0 fully saturated rings. The molecule has 6 nitrogen and oxygen atoms in total. The van der Waals surface area contributed by atoms with Gasteiger partial charge in [-0.1, -0.05) is 36.4 Å². The van der Waals surface area contributed by atoms with Crippen LogP contribution in [0, 0.1) is 0 Å². The van der Waals surface area contributed by atoms with Crippen LogP contribution >= 0.6 is 0 Å². The Morgan fingerprint density at radius 3 is 2.42 bits per heavy atom. The number of rotatable bonds is 4. The third kappa shape index (κ3) is 2.82. The molecular formula is C18H16N6. The summed E-state index contributed by atoms with van der Waals surface area (Å²) in [6.45, 7) is 0. The molecule has 0 unspecified atom stereocenters. The zero-order valence-corrected chi connectivity index (χ0v) is 12.9. The van der Waals surface area contributed by atoms with Crippen molar-refractivity contribution in [1.82, 2.24) is 15.4 Å². The van der Waals surface area contributed by atoms with Crippen molar-refractivity contribution in [3.8, 4) is 0 Å². The van der Waals surface area contributed by atoms with Gasteiger partial charge in [-0.2, -0.15) is 5.10 Å². The normalized spacial score (nSPS) is 15.8. The Balaban J connectivity index is 1.66. The van der Waals surface area contributed by atoms with Crippen molar-refractivity contribution in [3.63, 3.8) is 0 Å². The van der Waals surface area contributed by atoms with Crippen LogP contribution in [0.4, 0.5) is 11.6 Å². The predicted octanol–water partition coefficient (Wildman–Crippen LogP) is 2.95. The van der Waals surface area contributed by atoms with Gasteiger partial charge < -0.3 is 5.43 Å². The number of hydrazine groups is 1. The molecule has 118 valence electrons. The highest BCUT2D eigenvalue weighted by atomic mass is 15.6. The Hall–Kier alpha value is -3.25. The van der Waals surface area contributed by atoms with Gasteiger partial charge in [0.1, 0.15) is 12.0 Å². The molecule has 0 radical (unpaired) electrons. The molecule has 2 aromatic heterocycles. The third-order valence-corrected chi connectivity index (χ3v) is 3.74. The van der Waals surface area contributed by atoms with E-state index in [-0.39, 0.29) is 6.17 Å². The summed E-state index contributed by atoms with van der Waals surface area (Å²) in [7, 11) is 0. The zero-order valence-electron chi connectivity index (χ0n) is 12.9. The molecule has 4 rings (SSSR count). The van der Waals surface area contributed by atoms with E-state index in [1.54, 1.807) is 12.4 Å². The van der Waals surface area contributed by atoms with Gasteiger partial charge in [0.15, 0.2) is 5.82 Å². The minimum Gasteiger partial charge on any atom is -0.304 e. The SMILES string of the molecule is C1=NN(c2ccccn2)[C@@H](NNc2ccccn2)c2ccccc21. The quantitative estimate of drug-likeness (QED) is 0.725. The number of fused-ring (bicyclic) bond motifs is 1. The van der Waals surface area contributed by atoms with Gasteiger partial charge in [-0.25, -0.2) is 20.4 Å². The molecular weight excluding hydrogens is 300 g/mol. The molecule has 1 aromatic carbocycles. The highest BCUT2D eigenvalue weighted by molar-refractivity contribution is 5.84. The highest BCUT2D eigenvalue weighted by Crippen LogP contribution is 2.29. The second kappa shape index (κ2) is 6.47. The fourth-order valence-electron chi connectivity index (χ4n) is 2.60. The standard InChI is InChI=1S/C18H16N6/c1-2-8-15-14(7-1)13-21-24(17-10-4-6-12-20-17)18(15)23-22-16-9-3-5-11-19-16/h1-13,18,23H,(H,19,22)/t18-/m1/s1. The summed E-state index contributed by atoms with van der Waals surface area (Å²) in [5.41, 5.74) is 8.64. The Bertz CT molecular complexity index is 834. The van der Waals surface area contributed by atoms with Crippen molar-refractivity contribution in [2.24, 2.45) is 5.10 Å².